The minimum atomic E-state index is -3.85. The number of methoxy groups -OCH3 is 1. The summed E-state index contributed by atoms with van der Waals surface area (Å²) in [7, 11) is -2.24. The summed E-state index contributed by atoms with van der Waals surface area (Å²) in [6, 6.07) is 18.6. The molecule has 166 valence electrons. The van der Waals surface area contributed by atoms with Crippen molar-refractivity contribution in [2.24, 2.45) is 0 Å². The van der Waals surface area contributed by atoms with Crippen molar-refractivity contribution in [1.29, 1.82) is 0 Å². The summed E-state index contributed by atoms with van der Waals surface area (Å²) in [6.45, 7) is 0.652. The highest BCUT2D eigenvalue weighted by Gasteiger charge is 2.30. The minimum Gasteiger partial charge on any atom is -0.497 e. The number of carbonyl (C=O) groups excluding carboxylic acids is 1. The Labute approximate surface area is 186 Å². The molecule has 1 N–H and O–H groups in total. The number of nitrogens with zero attached hydrogens (tertiary/aromatic N) is 1. The number of benzene rings is 3. The Kier molecular flexibility index (Phi) is 6.14. The Bertz CT molecular complexity index is 1210. The molecule has 1 aliphatic rings. The molecule has 6 nitrogen and oxygen atoms in total. The van der Waals surface area contributed by atoms with E-state index in [9.17, 15) is 17.6 Å². The van der Waals surface area contributed by atoms with Gasteiger partial charge in [0, 0.05) is 17.8 Å². The van der Waals surface area contributed by atoms with E-state index in [4.69, 9.17) is 4.74 Å². The molecule has 1 amide bonds. The maximum atomic E-state index is 13.2. The van der Waals surface area contributed by atoms with E-state index in [0.717, 1.165) is 36.3 Å². The lowest BCUT2D eigenvalue weighted by atomic mass is 10.0. The van der Waals surface area contributed by atoms with Gasteiger partial charge in [0.1, 0.15) is 11.6 Å². The van der Waals surface area contributed by atoms with Gasteiger partial charge in [-0.3, -0.25) is 9.52 Å². The van der Waals surface area contributed by atoms with E-state index < -0.39 is 15.8 Å². The average molecular weight is 455 g/mol. The molecule has 3 aromatic rings. The molecule has 8 heteroatoms. The van der Waals surface area contributed by atoms with E-state index >= 15 is 0 Å². The van der Waals surface area contributed by atoms with Crippen molar-refractivity contribution in [1.82, 2.24) is 4.90 Å². The molecule has 4 rings (SSSR count). The first kappa shape index (κ1) is 21.8. The topological polar surface area (TPSA) is 75.7 Å². The third-order valence-electron chi connectivity index (χ3n) is 5.50. The van der Waals surface area contributed by atoms with Gasteiger partial charge in [0.15, 0.2) is 0 Å². The van der Waals surface area contributed by atoms with Gasteiger partial charge in [-0.05, 0) is 79.1 Å². The number of ether oxygens (including phenoxy) is 1. The van der Waals surface area contributed by atoms with Gasteiger partial charge in [0.05, 0.1) is 18.0 Å². The van der Waals surface area contributed by atoms with Gasteiger partial charge >= 0.3 is 0 Å². The van der Waals surface area contributed by atoms with Gasteiger partial charge in [0.25, 0.3) is 15.9 Å². The third kappa shape index (κ3) is 4.60. The van der Waals surface area contributed by atoms with Crippen molar-refractivity contribution in [3.05, 3.63) is 89.7 Å². The normalized spacial score (nSPS) is 16.1. The highest BCUT2D eigenvalue weighted by molar-refractivity contribution is 7.92. The standard InChI is InChI=1S/C24H23FN2O4S/c1-31-21-5-2-4-18(16-21)23-6-3-15-27(23)24(28)17-7-11-20(12-8-17)26-32(29,30)22-13-9-19(25)10-14-22/h2,4-5,7-14,16,23,26H,3,6,15H2,1H3. The van der Waals surface area contributed by atoms with Crippen LogP contribution in [0.3, 0.4) is 0 Å². The molecule has 1 atom stereocenters. The van der Waals surface area contributed by atoms with Crippen molar-refractivity contribution in [3.8, 4) is 5.75 Å². The maximum absolute atomic E-state index is 13.2. The molecule has 0 aromatic heterocycles. The molecule has 1 fully saturated rings. The number of amides is 1. The first-order chi connectivity index (χ1) is 15.4. The summed E-state index contributed by atoms with van der Waals surface area (Å²) in [4.78, 5) is 15.0. The van der Waals surface area contributed by atoms with Gasteiger partial charge in [-0.2, -0.15) is 0 Å². The number of hydrogen-bond acceptors (Lipinski definition) is 4. The highest BCUT2D eigenvalue weighted by Crippen LogP contribution is 2.34. The predicted octanol–water partition coefficient (Wildman–Crippen LogP) is 4.61. The van der Waals surface area contributed by atoms with Crippen LogP contribution in [0.1, 0.15) is 34.8 Å². The molecule has 32 heavy (non-hydrogen) atoms. The van der Waals surface area contributed by atoms with Gasteiger partial charge in [-0.15, -0.1) is 0 Å². The molecule has 0 saturated carbocycles. The summed E-state index contributed by atoms with van der Waals surface area (Å²) >= 11 is 0. The first-order valence-corrected chi connectivity index (χ1v) is 11.7. The molecule has 1 heterocycles. The molecule has 1 aliphatic heterocycles. The fourth-order valence-corrected chi connectivity index (χ4v) is 4.94. The smallest absolute Gasteiger partial charge is 0.261 e. The Hall–Kier alpha value is -3.39. The zero-order valence-corrected chi connectivity index (χ0v) is 18.3. The van der Waals surface area contributed by atoms with Crippen LogP contribution in [0.2, 0.25) is 0 Å². The molecule has 0 radical (unpaired) electrons. The van der Waals surface area contributed by atoms with E-state index in [1.165, 1.54) is 12.1 Å². The first-order valence-electron chi connectivity index (χ1n) is 10.2. The van der Waals surface area contributed by atoms with Crippen molar-refractivity contribution in [3.63, 3.8) is 0 Å². The van der Waals surface area contributed by atoms with E-state index in [1.54, 1.807) is 31.4 Å². The van der Waals surface area contributed by atoms with Crippen molar-refractivity contribution < 1.29 is 22.3 Å². The Morgan fingerprint density at radius 3 is 2.47 bits per heavy atom. The molecular formula is C24H23FN2O4S. The number of halogens is 1. The molecule has 0 bridgehead atoms. The van der Waals surface area contributed by atoms with E-state index in [1.807, 2.05) is 29.2 Å². The molecule has 1 saturated heterocycles. The average Bonchev–Trinajstić information content (AvgIpc) is 3.29. The molecule has 3 aromatic carbocycles. The Morgan fingerprint density at radius 1 is 1.06 bits per heavy atom. The van der Waals surface area contributed by atoms with Crippen LogP contribution in [-0.2, 0) is 10.0 Å². The quantitative estimate of drug-likeness (QED) is 0.590. The maximum Gasteiger partial charge on any atom is 0.261 e. The van der Waals surface area contributed by atoms with Crippen molar-refractivity contribution in [2.45, 2.75) is 23.8 Å². The van der Waals surface area contributed by atoms with E-state index in [2.05, 4.69) is 4.72 Å². The largest absolute Gasteiger partial charge is 0.497 e. The van der Waals surface area contributed by atoms with Crippen molar-refractivity contribution in [2.75, 3.05) is 18.4 Å². The zero-order valence-electron chi connectivity index (χ0n) is 17.5. The van der Waals surface area contributed by atoms with Gasteiger partial charge in [0.2, 0.25) is 0 Å². The molecule has 0 spiro atoms. The highest BCUT2D eigenvalue weighted by atomic mass is 32.2. The number of nitrogens with one attached hydrogen (secondary N) is 1. The van der Waals surface area contributed by atoms with Crippen LogP contribution >= 0.6 is 0 Å². The molecule has 0 aliphatic carbocycles. The summed E-state index contributed by atoms with van der Waals surface area (Å²) in [5.41, 5.74) is 1.82. The number of rotatable bonds is 6. The second-order valence-corrected chi connectivity index (χ2v) is 9.25. The number of likely N-dealkylation sites (tertiary alicyclic amines) is 1. The zero-order chi connectivity index (χ0) is 22.7. The van der Waals surface area contributed by atoms with Gasteiger partial charge in [-0.1, -0.05) is 12.1 Å². The van der Waals surface area contributed by atoms with E-state index in [-0.39, 0.29) is 16.8 Å². The summed E-state index contributed by atoms with van der Waals surface area (Å²) in [6.07, 6.45) is 1.78. The van der Waals surface area contributed by atoms with Crippen LogP contribution < -0.4 is 9.46 Å². The number of anilines is 1. The Balaban J connectivity index is 1.49. The number of carbonyl (C=O) groups is 1. The monoisotopic (exact) mass is 454 g/mol. The second kappa shape index (κ2) is 9.00. The van der Waals surface area contributed by atoms with Crippen LogP contribution in [0.4, 0.5) is 10.1 Å². The van der Waals surface area contributed by atoms with Gasteiger partial charge < -0.3 is 9.64 Å². The lowest BCUT2D eigenvalue weighted by Crippen LogP contribution is -2.30. The van der Waals surface area contributed by atoms with Crippen LogP contribution in [0.5, 0.6) is 5.75 Å². The van der Waals surface area contributed by atoms with Crippen LogP contribution in [0.15, 0.2) is 77.7 Å². The molecule has 1 unspecified atom stereocenters. The molecular weight excluding hydrogens is 431 g/mol. The van der Waals surface area contributed by atoms with Crippen LogP contribution in [0.25, 0.3) is 0 Å². The minimum absolute atomic E-state index is 0.0331. The predicted molar refractivity (Wildman–Crippen MR) is 120 cm³/mol. The second-order valence-electron chi connectivity index (χ2n) is 7.57. The fraction of sp³-hybridized carbons (Fsp3) is 0.208. The van der Waals surface area contributed by atoms with Gasteiger partial charge in [-0.25, -0.2) is 12.8 Å². The summed E-state index contributed by atoms with van der Waals surface area (Å²) in [5, 5.41) is 0. The lowest BCUT2D eigenvalue weighted by molar-refractivity contribution is 0.0735. The summed E-state index contributed by atoms with van der Waals surface area (Å²) in [5.74, 6) is 0.129. The van der Waals surface area contributed by atoms with Crippen molar-refractivity contribution >= 4 is 21.6 Å². The number of hydrogen-bond donors (Lipinski definition) is 1. The van der Waals surface area contributed by atoms with Crippen LogP contribution in [0, 0.1) is 5.82 Å². The lowest BCUT2D eigenvalue weighted by Gasteiger charge is -2.25. The summed E-state index contributed by atoms with van der Waals surface area (Å²) < 4.78 is 45.8. The Morgan fingerprint density at radius 2 is 1.78 bits per heavy atom. The van der Waals surface area contributed by atoms with Crippen LogP contribution in [-0.4, -0.2) is 32.9 Å². The van der Waals surface area contributed by atoms with E-state index in [0.29, 0.717) is 17.8 Å². The number of sulfonamides is 1. The third-order valence-corrected chi connectivity index (χ3v) is 6.90. The SMILES string of the molecule is COc1cccc(C2CCCN2C(=O)c2ccc(NS(=O)(=O)c3ccc(F)cc3)cc2)c1. The fourth-order valence-electron chi connectivity index (χ4n) is 3.88.